The van der Waals surface area contributed by atoms with Gasteiger partial charge in [0.15, 0.2) is 0 Å². The zero-order valence-corrected chi connectivity index (χ0v) is 9.03. The molecule has 2 rings (SSSR count). The first-order chi connectivity index (χ1) is 6.62. The first-order valence-corrected chi connectivity index (χ1v) is 5.44. The Morgan fingerprint density at radius 2 is 2.00 bits per heavy atom. The molecule has 0 saturated heterocycles. The molecule has 2 atom stereocenters. The summed E-state index contributed by atoms with van der Waals surface area (Å²) in [6.45, 7) is 4.54. The van der Waals surface area contributed by atoms with E-state index in [4.69, 9.17) is 5.73 Å². The Morgan fingerprint density at radius 3 is 2.50 bits per heavy atom. The van der Waals surface area contributed by atoms with E-state index in [2.05, 4.69) is 44.2 Å². The van der Waals surface area contributed by atoms with Crippen LogP contribution < -0.4 is 5.73 Å². The molecule has 1 aliphatic carbocycles. The van der Waals surface area contributed by atoms with Gasteiger partial charge < -0.3 is 5.73 Å². The molecule has 0 heterocycles. The monoisotopic (exact) mass is 189 g/mol. The summed E-state index contributed by atoms with van der Waals surface area (Å²) in [5, 5.41) is 0. The smallest absolute Gasteiger partial charge is 0.0230 e. The van der Waals surface area contributed by atoms with Gasteiger partial charge in [-0.1, -0.05) is 44.2 Å². The fraction of sp³-hybridized carbons (Fsp3) is 0.538. The topological polar surface area (TPSA) is 26.0 Å². The van der Waals surface area contributed by atoms with Crippen molar-refractivity contribution in [2.75, 3.05) is 0 Å². The van der Waals surface area contributed by atoms with Crippen LogP contribution in [0.4, 0.5) is 0 Å². The Morgan fingerprint density at radius 1 is 1.36 bits per heavy atom. The van der Waals surface area contributed by atoms with Gasteiger partial charge in [-0.05, 0) is 30.2 Å². The van der Waals surface area contributed by atoms with Gasteiger partial charge in [0.05, 0.1) is 0 Å². The highest BCUT2D eigenvalue weighted by atomic mass is 14.9. The van der Waals surface area contributed by atoms with Crippen LogP contribution in [0.2, 0.25) is 0 Å². The molecule has 76 valence electrons. The van der Waals surface area contributed by atoms with Crippen molar-refractivity contribution in [2.24, 2.45) is 17.6 Å². The number of nitrogens with two attached hydrogens (primary N) is 1. The molecule has 1 aliphatic rings. The van der Waals surface area contributed by atoms with E-state index in [1.54, 1.807) is 0 Å². The molecule has 0 aromatic heterocycles. The quantitative estimate of drug-likeness (QED) is 0.777. The van der Waals surface area contributed by atoms with E-state index in [-0.39, 0.29) is 5.54 Å². The first kappa shape index (κ1) is 9.72. The van der Waals surface area contributed by atoms with Crippen LogP contribution in [-0.4, -0.2) is 5.54 Å². The highest BCUT2D eigenvalue weighted by Gasteiger charge is 2.51. The van der Waals surface area contributed by atoms with Crippen molar-refractivity contribution in [3.63, 3.8) is 0 Å². The Labute approximate surface area is 86.3 Å². The van der Waals surface area contributed by atoms with E-state index < -0.39 is 0 Å². The van der Waals surface area contributed by atoms with Crippen molar-refractivity contribution in [2.45, 2.75) is 32.2 Å². The molecule has 1 aromatic carbocycles. The molecular formula is C13H19N. The standard InChI is InChI=1S/C13H19N/c1-10(2)12-9-13(12,14)8-11-6-4-3-5-7-11/h3-7,10,12H,8-9,14H2,1-2H3. The third kappa shape index (κ3) is 1.83. The highest BCUT2D eigenvalue weighted by Crippen LogP contribution is 2.48. The Kier molecular flexibility index (Phi) is 2.36. The van der Waals surface area contributed by atoms with Crippen molar-refractivity contribution >= 4 is 0 Å². The lowest BCUT2D eigenvalue weighted by atomic mass is 9.98. The second-order valence-corrected chi connectivity index (χ2v) is 4.95. The van der Waals surface area contributed by atoms with E-state index in [9.17, 15) is 0 Å². The van der Waals surface area contributed by atoms with Crippen LogP contribution in [0.5, 0.6) is 0 Å². The van der Waals surface area contributed by atoms with Gasteiger partial charge in [-0.15, -0.1) is 0 Å². The molecule has 2 N–H and O–H groups in total. The summed E-state index contributed by atoms with van der Waals surface area (Å²) in [7, 11) is 0. The summed E-state index contributed by atoms with van der Waals surface area (Å²) in [5.41, 5.74) is 7.79. The predicted octanol–water partition coefficient (Wildman–Crippen LogP) is 2.60. The predicted molar refractivity (Wildman–Crippen MR) is 60.0 cm³/mol. The zero-order valence-electron chi connectivity index (χ0n) is 9.03. The maximum Gasteiger partial charge on any atom is 0.0230 e. The SMILES string of the molecule is CC(C)C1CC1(N)Cc1ccccc1. The molecule has 1 nitrogen and oxygen atoms in total. The van der Waals surface area contributed by atoms with Gasteiger partial charge >= 0.3 is 0 Å². The largest absolute Gasteiger partial charge is 0.325 e. The zero-order chi connectivity index (χ0) is 10.2. The van der Waals surface area contributed by atoms with Gasteiger partial charge in [0.25, 0.3) is 0 Å². The molecule has 1 saturated carbocycles. The summed E-state index contributed by atoms with van der Waals surface area (Å²) < 4.78 is 0. The van der Waals surface area contributed by atoms with Crippen molar-refractivity contribution in [1.82, 2.24) is 0 Å². The van der Waals surface area contributed by atoms with Gasteiger partial charge in [-0.3, -0.25) is 0 Å². The minimum atomic E-state index is 0.0928. The molecule has 14 heavy (non-hydrogen) atoms. The molecule has 2 unspecified atom stereocenters. The average Bonchev–Trinajstić information content (AvgIpc) is 2.79. The molecular weight excluding hydrogens is 170 g/mol. The van der Waals surface area contributed by atoms with Crippen LogP contribution in [0.1, 0.15) is 25.8 Å². The van der Waals surface area contributed by atoms with E-state index in [0.717, 1.165) is 18.3 Å². The molecule has 0 aliphatic heterocycles. The minimum Gasteiger partial charge on any atom is -0.325 e. The number of benzene rings is 1. The van der Waals surface area contributed by atoms with Gasteiger partial charge in [0, 0.05) is 5.54 Å². The highest BCUT2D eigenvalue weighted by molar-refractivity contribution is 5.22. The van der Waals surface area contributed by atoms with Gasteiger partial charge in [0.2, 0.25) is 0 Å². The molecule has 0 spiro atoms. The van der Waals surface area contributed by atoms with E-state index >= 15 is 0 Å². The minimum absolute atomic E-state index is 0.0928. The Balaban J connectivity index is 2.00. The van der Waals surface area contributed by atoms with Crippen molar-refractivity contribution in [3.05, 3.63) is 35.9 Å². The fourth-order valence-electron chi connectivity index (χ4n) is 2.43. The van der Waals surface area contributed by atoms with E-state index in [1.807, 2.05) is 0 Å². The second-order valence-electron chi connectivity index (χ2n) is 4.95. The lowest BCUT2D eigenvalue weighted by Crippen LogP contribution is -2.29. The average molecular weight is 189 g/mol. The summed E-state index contributed by atoms with van der Waals surface area (Å²) in [6, 6.07) is 10.6. The number of hydrogen-bond donors (Lipinski definition) is 1. The third-order valence-electron chi connectivity index (χ3n) is 3.36. The van der Waals surface area contributed by atoms with E-state index in [0.29, 0.717) is 0 Å². The molecule has 1 heteroatoms. The Hall–Kier alpha value is -0.820. The lowest BCUT2D eigenvalue weighted by molar-refractivity contribution is 0.475. The van der Waals surface area contributed by atoms with Crippen LogP contribution in [-0.2, 0) is 6.42 Å². The van der Waals surface area contributed by atoms with Crippen LogP contribution in [0.3, 0.4) is 0 Å². The molecule has 0 radical (unpaired) electrons. The summed E-state index contributed by atoms with van der Waals surface area (Å²) >= 11 is 0. The fourth-order valence-corrected chi connectivity index (χ4v) is 2.43. The van der Waals surface area contributed by atoms with Crippen molar-refractivity contribution in [1.29, 1.82) is 0 Å². The van der Waals surface area contributed by atoms with Gasteiger partial charge in [-0.25, -0.2) is 0 Å². The van der Waals surface area contributed by atoms with Crippen LogP contribution in [0.15, 0.2) is 30.3 Å². The van der Waals surface area contributed by atoms with Crippen molar-refractivity contribution in [3.8, 4) is 0 Å². The van der Waals surface area contributed by atoms with Crippen LogP contribution in [0.25, 0.3) is 0 Å². The second kappa shape index (κ2) is 3.39. The van der Waals surface area contributed by atoms with Gasteiger partial charge in [-0.2, -0.15) is 0 Å². The maximum absolute atomic E-state index is 6.32. The summed E-state index contributed by atoms with van der Waals surface area (Å²) in [5.74, 6) is 1.45. The molecule has 0 amide bonds. The van der Waals surface area contributed by atoms with Crippen LogP contribution >= 0.6 is 0 Å². The molecule has 1 fully saturated rings. The lowest BCUT2D eigenvalue weighted by Gasteiger charge is -2.13. The summed E-state index contributed by atoms with van der Waals surface area (Å²) in [6.07, 6.45) is 2.23. The number of hydrogen-bond acceptors (Lipinski definition) is 1. The third-order valence-corrected chi connectivity index (χ3v) is 3.36. The maximum atomic E-state index is 6.32. The number of rotatable bonds is 3. The summed E-state index contributed by atoms with van der Waals surface area (Å²) in [4.78, 5) is 0. The normalized spacial score (nSPS) is 30.7. The van der Waals surface area contributed by atoms with Gasteiger partial charge in [0.1, 0.15) is 0 Å². The first-order valence-electron chi connectivity index (χ1n) is 5.44. The van der Waals surface area contributed by atoms with Crippen molar-refractivity contribution < 1.29 is 0 Å². The van der Waals surface area contributed by atoms with Crippen LogP contribution in [0, 0.1) is 11.8 Å². The Bertz CT molecular complexity index is 304. The molecule has 1 aromatic rings. The molecule has 0 bridgehead atoms. The van der Waals surface area contributed by atoms with E-state index in [1.165, 1.54) is 12.0 Å².